The molecule has 0 radical (unpaired) electrons. The highest BCUT2D eigenvalue weighted by Gasteiger charge is 2.39. The Kier molecular flexibility index (Phi) is 3.68. The van der Waals surface area contributed by atoms with Crippen molar-refractivity contribution in [1.82, 2.24) is 25.9 Å². The van der Waals surface area contributed by atoms with Crippen LogP contribution in [0.5, 0.6) is 0 Å². The molecule has 1 aromatic heterocycles. The Bertz CT molecular complexity index is 617. The topological polar surface area (TPSA) is 83.6 Å². The molecule has 1 aliphatic rings. The first kappa shape index (κ1) is 13.7. The molecule has 21 heavy (non-hydrogen) atoms. The predicted molar refractivity (Wildman–Crippen MR) is 77.6 cm³/mol. The first-order chi connectivity index (χ1) is 10.2. The molecular weight excluding hydrogens is 266 g/mol. The second kappa shape index (κ2) is 5.63. The Morgan fingerprint density at radius 1 is 1.29 bits per heavy atom. The van der Waals surface area contributed by atoms with Gasteiger partial charge in [-0.25, -0.2) is 0 Å². The van der Waals surface area contributed by atoms with Gasteiger partial charge >= 0.3 is 0 Å². The van der Waals surface area contributed by atoms with Crippen LogP contribution in [0.2, 0.25) is 0 Å². The van der Waals surface area contributed by atoms with E-state index in [2.05, 4.69) is 25.9 Å². The highest BCUT2D eigenvalue weighted by atomic mass is 16.1. The van der Waals surface area contributed by atoms with Crippen LogP contribution in [0.15, 0.2) is 24.3 Å². The summed E-state index contributed by atoms with van der Waals surface area (Å²) in [5, 5.41) is 17.5. The van der Waals surface area contributed by atoms with Crippen LogP contribution in [0.4, 0.5) is 0 Å². The van der Waals surface area contributed by atoms with Gasteiger partial charge in [0.1, 0.15) is 5.54 Å². The van der Waals surface area contributed by atoms with Crippen LogP contribution in [0, 0.1) is 6.92 Å². The second-order valence-corrected chi connectivity index (χ2v) is 5.70. The van der Waals surface area contributed by atoms with E-state index < -0.39 is 5.54 Å². The van der Waals surface area contributed by atoms with Gasteiger partial charge in [0.2, 0.25) is 0 Å². The number of rotatable bonds is 3. The van der Waals surface area contributed by atoms with Crippen LogP contribution in [0.3, 0.4) is 0 Å². The number of carbonyl (C=O) groups excluding carboxylic acids is 1. The van der Waals surface area contributed by atoms with Crippen molar-refractivity contribution in [2.24, 2.45) is 0 Å². The average Bonchev–Trinajstić information content (AvgIpc) is 3.03. The lowest BCUT2D eigenvalue weighted by molar-refractivity contribution is 0.0858. The third kappa shape index (κ3) is 2.79. The lowest BCUT2D eigenvalue weighted by atomic mass is 9.80. The monoisotopic (exact) mass is 285 g/mol. The van der Waals surface area contributed by atoms with Crippen molar-refractivity contribution in [3.63, 3.8) is 0 Å². The van der Waals surface area contributed by atoms with Crippen molar-refractivity contribution in [1.29, 1.82) is 0 Å². The summed E-state index contributed by atoms with van der Waals surface area (Å²) in [4.78, 5) is 12.6. The number of nitrogens with zero attached hydrogens (tertiary/aromatic N) is 3. The summed E-state index contributed by atoms with van der Waals surface area (Å²) in [6, 6.07) is 7.59. The van der Waals surface area contributed by atoms with Gasteiger partial charge in [0.05, 0.1) is 0 Å². The Balaban J connectivity index is 1.87. The Labute approximate surface area is 123 Å². The zero-order valence-corrected chi connectivity index (χ0v) is 12.1. The molecule has 0 saturated heterocycles. The van der Waals surface area contributed by atoms with Crippen LogP contribution < -0.4 is 5.32 Å². The van der Waals surface area contributed by atoms with Gasteiger partial charge in [0.15, 0.2) is 5.82 Å². The largest absolute Gasteiger partial charge is 0.339 e. The number of aromatic nitrogens is 4. The van der Waals surface area contributed by atoms with Crippen molar-refractivity contribution >= 4 is 5.91 Å². The lowest BCUT2D eigenvalue weighted by Gasteiger charge is -2.35. The molecule has 6 nitrogen and oxygen atoms in total. The molecule has 0 bridgehead atoms. The summed E-state index contributed by atoms with van der Waals surface area (Å²) in [7, 11) is 0. The summed E-state index contributed by atoms with van der Waals surface area (Å²) in [6.45, 7) is 1.98. The highest BCUT2D eigenvalue weighted by molar-refractivity contribution is 5.94. The Morgan fingerprint density at radius 2 is 2.10 bits per heavy atom. The average molecular weight is 285 g/mol. The van der Waals surface area contributed by atoms with E-state index in [0.717, 1.165) is 31.2 Å². The van der Waals surface area contributed by atoms with E-state index in [1.165, 1.54) is 6.42 Å². The van der Waals surface area contributed by atoms with Gasteiger partial charge in [-0.05, 0) is 31.9 Å². The van der Waals surface area contributed by atoms with Gasteiger partial charge < -0.3 is 5.32 Å². The van der Waals surface area contributed by atoms with Crippen molar-refractivity contribution in [3.05, 3.63) is 41.2 Å². The number of hydrogen-bond donors (Lipinski definition) is 2. The van der Waals surface area contributed by atoms with Crippen molar-refractivity contribution in [3.8, 4) is 0 Å². The molecule has 2 N–H and O–H groups in total. The minimum absolute atomic E-state index is 0.0783. The fraction of sp³-hybridized carbons (Fsp3) is 0.467. The molecule has 3 rings (SSSR count). The number of amides is 1. The summed E-state index contributed by atoms with van der Waals surface area (Å²) in [5.74, 6) is 0.508. The van der Waals surface area contributed by atoms with Crippen LogP contribution in [0.25, 0.3) is 0 Å². The molecular formula is C15H19N5O. The van der Waals surface area contributed by atoms with Crippen LogP contribution >= 0.6 is 0 Å². The number of tetrazole rings is 1. The summed E-state index contributed by atoms with van der Waals surface area (Å²) < 4.78 is 0. The van der Waals surface area contributed by atoms with E-state index >= 15 is 0 Å². The molecule has 1 aromatic carbocycles. The fourth-order valence-electron chi connectivity index (χ4n) is 3.00. The van der Waals surface area contributed by atoms with E-state index in [9.17, 15) is 4.79 Å². The van der Waals surface area contributed by atoms with Crippen molar-refractivity contribution in [2.45, 2.75) is 44.6 Å². The number of aromatic amines is 1. The Morgan fingerprint density at radius 3 is 2.76 bits per heavy atom. The fourth-order valence-corrected chi connectivity index (χ4v) is 3.00. The van der Waals surface area contributed by atoms with Crippen LogP contribution in [-0.2, 0) is 5.54 Å². The zero-order valence-electron chi connectivity index (χ0n) is 12.1. The molecule has 1 fully saturated rings. The first-order valence-electron chi connectivity index (χ1n) is 7.33. The van der Waals surface area contributed by atoms with E-state index in [-0.39, 0.29) is 5.91 Å². The number of H-pyrrole nitrogens is 1. The summed E-state index contributed by atoms with van der Waals surface area (Å²) in [6.07, 6.45) is 5.00. The number of nitrogens with one attached hydrogen (secondary N) is 2. The highest BCUT2D eigenvalue weighted by Crippen LogP contribution is 2.35. The first-order valence-corrected chi connectivity index (χ1v) is 7.33. The number of carbonyl (C=O) groups is 1. The quantitative estimate of drug-likeness (QED) is 0.904. The standard InChI is InChI=1S/C15H19N5O/c1-11-6-5-7-12(10-11)13(21)16-15(8-3-2-4-9-15)14-17-19-20-18-14/h5-7,10H,2-4,8-9H2,1H3,(H,16,21)(H,17,18,19,20). The molecule has 1 aliphatic carbocycles. The predicted octanol–water partition coefficient (Wildman–Crippen LogP) is 2.10. The number of benzene rings is 1. The minimum Gasteiger partial charge on any atom is -0.339 e. The number of hydrogen-bond acceptors (Lipinski definition) is 4. The van der Waals surface area contributed by atoms with Crippen molar-refractivity contribution < 1.29 is 4.79 Å². The maximum absolute atomic E-state index is 12.6. The zero-order chi connectivity index (χ0) is 14.7. The van der Waals surface area contributed by atoms with Crippen LogP contribution in [0.1, 0.15) is 53.8 Å². The molecule has 1 saturated carbocycles. The van der Waals surface area contributed by atoms with Gasteiger partial charge in [-0.15, -0.1) is 10.2 Å². The van der Waals surface area contributed by atoms with Crippen LogP contribution in [-0.4, -0.2) is 26.5 Å². The summed E-state index contributed by atoms with van der Waals surface area (Å²) >= 11 is 0. The maximum Gasteiger partial charge on any atom is 0.252 e. The third-order valence-corrected chi connectivity index (χ3v) is 4.11. The summed E-state index contributed by atoms with van der Waals surface area (Å²) in [5.41, 5.74) is 1.25. The normalized spacial score (nSPS) is 17.4. The molecule has 2 aromatic rings. The second-order valence-electron chi connectivity index (χ2n) is 5.70. The van der Waals surface area contributed by atoms with Gasteiger partial charge in [0.25, 0.3) is 5.91 Å². The van der Waals surface area contributed by atoms with Crippen molar-refractivity contribution in [2.75, 3.05) is 0 Å². The van der Waals surface area contributed by atoms with E-state index in [1.54, 1.807) is 0 Å². The van der Waals surface area contributed by atoms with Gasteiger partial charge in [-0.3, -0.25) is 4.79 Å². The smallest absolute Gasteiger partial charge is 0.252 e. The SMILES string of the molecule is Cc1cccc(C(=O)NC2(c3nn[nH]n3)CCCCC2)c1. The van der Waals surface area contributed by atoms with Gasteiger partial charge in [-0.2, -0.15) is 5.21 Å². The molecule has 0 aliphatic heterocycles. The van der Waals surface area contributed by atoms with E-state index in [0.29, 0.717) is 11.4 Å². The minimum atomic E-state index is -0.494. The molecule has 6 heteroatoms. The molecule has 1 amide bonds. The number of aryl methyl sites for hydroxylation is 1. The molecule has 1 heterocycles. The molecule has 0 atom stereocenters. The molecule has 110 valence electrons. The van der Waals surface area contributed by atoms with Gasteiger partial charge in [-0.1, -0.05) is 42.2 Å². The maximum atomic E-state index is 12.6. The van der Waals surface area contributed by atoms with E-state index in [4.69, 9.17) is 0 Å². The lowest BCUT2D eigenvalue weighted by Crippen LogP contribution is -2.48. The molecule has 0 unspecified atom stereocenters. The third-order valence-electron chi connectivity index (χ3n) is 4.11. The van der Waals surface area contributed by atoms with E-state index in [1.807, 2.05) is 31.2 Å². The van der Waals surface area contributed by atoms with Gasteiger partial charge in [0, 0.05) is 5.56 Å². The molecule has 0 spiro atoms. The Hall–Kier alpha value is -2.24.